The molecule has 9 heteroatoms. The van der Waals surface area contributed by atoms with Crippen LogP contribution in [0.3, 0.4) is 0 Å². The third-order valence-electron chi connectivity index (χ3n) is 7.66. The van der Waals surface area contributed by atoms with Crippen LogP contribution in [0.5, 0.6) is 0 Å². The Labute approximate surface area is 224 Å². The van der Waals surface area contributed by atoms with Gasteiger partial charge in [-0.3, -0.25) is 9.69 Å². The molecule has 2 aliphatic rings. The molecule has 0 unspecified atom stereocenters. The zero-order valence-electron chi connectivity index (χ0n) is 21.7. The number of halogens is 1. The van der Waals surface area contributed by atoms with Gasteiger partial charge in [-0.2, -0.15) is 0 Å². The lowest BCUT2D eigenvalue weighted by Crippen LogP contribution is -2.51. The maximum atomic E-state index is 12.7. The van der Waals surface area contributed by atoms with Gasteiger partial charge in [-0.1, -0.05) is 24.9 Å². The van der Waals surface area contributed by atoms with Gasteiger partial charge in [0.2, 0.25) is 5.91 Å². The number of fused-ring (bicyclic) bond motifs is 1. The van der Waals surface area contributed by atoms with Crippen LogP contribution in [-0.2, 0) is 4.79 Å². The van der Waals surface area contributed by atoms with Crippen molar-refractivity contribution in [2.24, 2.45) is 0 Å². The maximum absolute atomic E-state index is 12.7. The quantitative estimate of drug-likeness (QED) is 0.357. The lowest BCUT2D eigenvalue weighted by molar-refractivity contribution is -0.123. The predicted molar refractivity (Wildman–Crippen MR) is 150 cm³/mol. The van der Waals surface area contributed by atoms with E-state index in [4.69, 9.17) is 11.6 Å². The fourth-order valence-corrected chi connectivity index (χ4v) is 5.75. The zero-order valence-corrected chi connectivity index (χ0v) is 22.4. The summed E-state index contributed by atoms with van der Waals surface area (Å²) in [5.74, 6) is 0.944. The number of unbranched alkanes of at least 4 members (excludes halogenated alkanes) is 1. The van der Waals surface area contributed by atoms with E-state index in [0.29, 0.717) is 17.7 Å². The number of nitrogens with one attached hydrogen (secondary N) is 3. The molecular weight excluding hydrogens is 486 g/mol. The van der Waals surface area contributed by atoms with Gasteiger partial charge in [-0.05, 0) is 68.5 Å². The second-order valence-electron chi connectivity index (χ2n) is 10.4. The smallest absolute Gasteiger partial charge is 0.234 e. The number of amides is 1. The van der Waals surface area contributed by atoms with E-state index in [1.807, 2.05) is 18.3 Å². The topological polar surface area (TPSA) is 89.2 Å². The molecular formula is C28H38ClN7O. The molecule has 3 N–H and O–H groups in total. The van der Waals surface area contributed by atoms with Gasteiger partial charge in [-0.15, -0.1) is 0 Å². The standard InChI is InChI=1S/C28H38ClN7O/c1-2-3-11-35-12-14-36(15-13-35)19-27(37)33-22-8-6-21(7-9-22)32-26-17-20(16-25(29)34-26)24-18-31-28-23(24)5-4-10-30-28/h4-5,10,16-18,21-22H,2-3,6-9,11-15,19H2,1H3,(H,30,31)(H,32,34)(H,33,37)/t21-,22-. The third kappa shape index (κ3) is 6.80. The van der Waals surface area contributed by atoms with Gasteiger partial charge in [0.15, 0.2) is 0 Å². The SMILES string of the molecule is CCCCN1CCN(CC(=O)N[C@H]2CC[C@H](Nc3cc(-c4c[nH]c5ncccc45)cc(Cl)n3)CC2)CC1. The Bertz CT molecular complexity index is 1180. The Morgan fingerprint density at radius 2 is 1.86 bits per heavy atom. The summed E-state index contributed by atoms with van der Waals surface area (Å²) in [5, 5.41) is 8.39. The number of rotatable bonds is 9. The van der Waals surface area contributed by atoms with E-state index in [-0.39, 0.29) is 11.9 Å². The number of carbonyl (C=O) groups is 1. The van der Waals surface area contributed by atoms with Gasteiger partial charge in [0.25, 0.3) is 0 Å². The Morgan fingerprint density at radius 1 is 1.11 bits per heavy atom. The highest BCUT2D eigenvalue weighted by atomic mass is 35.5. The van der Waals surface area contributed by atoms with Gasteiger partial charge >= 0.3 is 0 Å². The molecule has 0 atom stereocenters. The number of carbonyl (C=O) groups excluding carboxylic acids is 1. The van der Waals surface area contributed by atoms with E-state index in [9.17, 15) is 4.79 Å². The van der Waals surface area contributed by atoms with Crippen molar-refractivity contribution in [2.45, 2.75) is 57.5 Å². The van der Waals surface area contributed by atoms with Crippen LogP contribution in [-0.4, -0.2) is 82.0 Å². The van der Waals surface area contributed by atoms with Crippen LogP contribution in [0.4, 0.5) is 5.82 Å². The van der Waals surface area contributed by atoms with Crippen LogP contribution < -0.4 is 10.6 Å². The van der Waals surface area contributed by atoms with E-state index < -0.39 is 0 Å². The summed E-state index contributed by atoms with van der Waals surface area (Å²) < 4.78 is 0. The highest BCUT2D eigenvalue weighted by molar-refractivity contribution is 6.29. The highest BCUT2D eigenvalue weighted by Crippen LogP contribution is 2.31. The van der Waals surface area contributed by atoms with Crippen LogP contribution in [0.2, 0.25) is 5.15 Å². The lowest BCUT2D eigenvalue weighted by Gasteiger charge is -2.35. The van der Waals surface area contributed by atoms with Gasteiger partial charge < -0.3 is 20.5 Å². The average Bonchev–Trinajstić information content (AvgIpc) is 3.33. The molecule has 0 radical (unpaired) electrons. The molecule has 1 saturated carbocycles. The van der Waals surface area contributed by atoms with Crippen molar-refractivity contribution in [3.63, 3.8) is 0 Å². The number of H-pyrrole nitrogens is 1. The van der Waals surface area contributed by atoms with E-state index >= 15 is 0 Å². The molecule has 0 bridgehead atoms. The fraction of sp³-hybridized carbons (Fsp3) is 0.536. The van der Waals surface area contributed by atoms with Gasteiger partial charge in [0.1, 0.15) is 16.6 Å². The van der Waals surface area contributed by atoms with Crippen molar-refractivity contribution in [2.75, 3.05) is 44.6 Å². The van der Waals surface area contributed by atoms with Crippen LogP contribution in [0, 0.1) is 0 Å². The normalized spacial score (nSPS) is 21.2. The molecule has 0 spiro atoms. The molecule has 8 nitrogen and oxygen atoms in total. The minimum absolute atomic E-state index is 0.160. The minimum Gasteiger partial charge on any atom is -0.367 e. The third-order valence-corrected chi connectivity index (χ3v) is 7.85. The number of aromatic nitrogens is 3. The first-order chi connectivity index (χ1) is 18.1. The van der Waals surface area contributed by atoms with Gasteiger partial charge in [-0.25, -0.2) is 9.97 Å². The number of pyridine rings is 2. The van der Waals surface area contributed by atoms with E-state index in [1.54, 1.807) is 6.20 Å². The van der Waals surface area contributed by atoms with Crippen molar-refractivity contribution in [1.82, 2.24) is 30.1 Å². The summed E-state index contributed by atoms with van der Waals surface area (Å²) in [6.45, 7) is 8.03. The van der Waals surface area contributed by atoms with Crippen LogP contribution >= 0.6 is 11.6 Å². The molecule has 1 aliphatic carbocycles. The first kappa shape index (κ1) is 25.9. The van der Waals surface area contributed by atoms with Crippen LogP contribution in [0.1, 0.15) is 45.4 Å². The second-order valence-corrected chi connectivity index (χ2v) is 10.8. The molecule has 3 aromatic rings. The van der Waals surface area contributed by atoms with Crippen molar-refractivity contribution in [1.29, 1.82) is 0 Å². The molecule has 1 amide bonds. The minimum atomic E-state index is 0.160. The molecule has 198 valence electrons. The summed E-state index contributed by atoms with van der Waals surface area (Å²) in [5.41, 5.74) is 2.92. The monoisotopic (exact) mass is 523 g/mol. The van der Waals surface area contributed by atoms with Crippen LogP contribution in [0.15, 0.2) is 36.7 Å². The Morgan fingerprint density at radius 3 is 2.65 bits per heavy atom. The van der Waals surface area contributed by atoms with Crippen molar-refractivity contribution >= 4 is 34.4 Å². The van der Waals surface area contributed by atoms with Gasteiger partial charge in [0, 0.05) is 61.6 Å². The largest absolute Gasteiger partial charge is 0.367 e. The zero-order chi connectivity index (χ0) is 25.6. The van der Waals surface area contributed by atoms with Crippen molar-refractivity contribution < 1.29 is 4.79 Å². The number of hydrogen-bond acceptors (Lipinski definition) is 6. The Kier molecular flexibility index (Phi) is 8.59. The van der Waals surface area contributed by atoms with Crippen molar-refractivity contribution in [3.05, 3.63) is 41.8 Å². The number of piperazine rings is 1. The van der Waals surface area contributed by atoms with Gasteiger partial charge in [0.05, 0.1) is 6.54 Å². The molecule has 37 heavy (non-hydrogen) atoms. The maximum Gasteiger partial charge on any atom is 0.234 e. The molecule has 1 aliphatic heterocycles. The fourth-order valence-electron chi connectivity index (χ4n) is 5.54. The van der Waals surface area contributed by atoms with Crippen LogP contribution in [0.25, 0.3) is 22.2 Å². The van der Waals surface area contributed by atoms with E-state index in [1.165, 1.54) is 19.4 Å². The van der Waals surface area contributed by atoms with Crippen molar-refractivity contribution in [3.8, 4) is 11.1 Å². The Hall–Kier alpha value is -2.68. The second kappa shape index (κ2) is 12.2. The summed E-state index contributed by atoms with van der Waals surface area (Å²) in [4.78, 5) is 29.6. The number of anilines is 1. The summed E-state index contributed by atoms with van der Waals surface area (Å²) in [6.07, 6.45) is 10.2. The number of nitrogens with zero attached hydrogens (tertiary/aromatic N) is 4. The summed E-state index contributed by atoms with van der Waals surface area (Å²) in [6, 6.07) is 8.49. The number of aromatic amines is 1. The molecule has 5 rings (SSSR count). The molecule has 1 saturated heterocycles. The lowest BCUT2D eigenvalue weighted by atomic mass is 9.91. The highest BCUT2D eigenvalue weighted by Gasteiger charge is 2.24. The predicted octanol–water partition coefficient (Wildman–Crippen LogP) is 4.54. The molecule has 4 heterocycles. The summed E-state index contributed by atoms with van der Waals surface area (Å²) in [7, 11) is 0. The first-order valence-electron chi connectivity index (χ1n) is 13.7. The molecule has 3 aromatic heterocycles. The Balaban J connectivity index is 1.09. The van der Waals surface area contributed by atoms with E-state index in [2.05, 4.69) is 54.4 Å². The molecule has 0 aromatic carbocycles. The molecule has 2 fully saturated rings. The number of hydrogen-bond donors (Lipinski definition) is 3. The summed E-state index contributed by atoms with van der Waals surface area (Å²) >= 11 is 6.40. The average molecular weight is 524 g/mol. The van der Waals surface area contributed by atoms with E-state index in [0.717, 1.165) is 79.8 Å². The first-order valence-corrected chi connectivity index (χ1v) is 14.1.